The highest BCUT2D eigenvalue weighted by Gasteiger charge is 2.29. The maximum Gasteiger partial charge on any atom is 0.344 e. The van der Waals surface area contributed by atoms with Gasteiger partial charge in [-0.3, -0.25) is 9.36 Å². The highest BCUT2D eigenvalue weighted by Crippen LogP contribution is 2.36. The SMILES string of the molecule is CCOC(=O)C(CSc1n[nH]c(=O)n1C1CC1)NC. The van der Waals surface area contributed by atoms with Crippen molar-refractivity contribution in [3.8, 4) is 0 Å². The van der Waals surface area contributed by atoms with E-state index in [1.165, 1.54) is 11.8 Å². The van der Waals surface area contributed by atoms with Gasteiger partial charge in [0, 0.05) is 11.8 Å². The second kappa shape index (κ2) is 6.25. The number of aromatic nitrogens is 3. The number of hydrogen-bond donors (Lipinski definition) is 2. The number of hydrogen-bond acceptors (Lipinski definition) is 6. The predicted molar refractivity (Wildman–Crippen MR) is 71.3 cm³/mol. The molecule has 0 bridgehead atoms. The number of rotatable bonds is 7. The van der Waals surface area contributed by atoms with E-state index in [0.717, 1.165) is 12.8 Å². The number of nitrogens with one attached hydrogen (secondary N) is 2. The van der Waals surface area contributed by atoms with Gasteiger partial charge in [-0.15, -0.1) is 5.10 Å². The third kappa shape index (κ3) is 3.38. The second-order valence-corrected chi connectivity index (χ2v) is 5.30. The van der Waals surface area contributed by atoms with Crippen LogP contribution in [0.4, 0.5) is 0 Å². The molecule has 1 saturated carbocycles. The number of aromatic amines is 1. The van der Waals surface area contributed by atoms with E-state index >= 15 is 0 Å². The lowest BCUT2D eigenvalue weighted by Gasteiger charge is -2.13. The lowest BCUT2D eigenvalue weighted by molar-refractivity contribution is -0.144. The van der Waals surface area contributed by atoms with Crippen molar-refractivity contribution in [1.29, 1.82) is 0 Å². The molecule has 1 aliphatic carbocycles. The molecule has 7 nitrogen and oxygen atoms in total. The Morgan fingerprint density at radius 2 is 2.42 bits per heavy atom. The minimum atomic E-state index is -0.399. The monoisotopic (exact) mass is 286 g/mol. The van der Waals surface area contributed by atoms with E-state index in [1.807, 2.05) is 0 Å². The zero-order chi connectivity index (χ0) is 13.8. The minimum Gasteiger partial charge on any atom is -0.465 e. The molecule has 1 heterocycles. The summed E-state index contributed by atoms with van der Waals surface area (Å²) in [6.45, 7) is 2.13. The van der Waals surface area contributed by atoms with Crippen molar-refractivity contribution in [2.24, 2.45) is 0 Å². The van der Waals surface area contributed by atoms with E-state index < -0.39 is 6.04 Å². The maximum atomic E-state index is 11.6. The molecule has 0 aromatic carbocycles. The summed E-state index contributed by atoms with van der Waals surface area (Å²) in [5, 5.41) is 10.00. The molecule has 19 heavy (non-hydrogen) atoms. The average Bonchev–Trinajstić information content (AvgIpc) is 3.15. The Balaban J connectivity index is 1.97. The van der Waals surface area contributed by atoms with E-state index in [4.69, 9.17) is 4.74 Å². The molecule has 2 N–H and O–H groups in total. The van der Waals surface area contributed by atoms with Crippen molar-refractivity contribution in [1.82, 2.24) is 20.1 Å². The molecule has 1 atom stereocenters. The molecule has 1 unspecified atom stereocenters. The molecular formula is C11H18N4O3S. The van der Waals surface area contributed by atoms with Gasteiger partial charge in [-0.05, 0) is 26.8 Å². The largest absolute Gasteiger partial charge is 0.465 e. The third-order valence-corrected chi connectivity index (χ3v) is 3.93. The van der Waals surface area contributed by atoms with Gasteiger partial charge in [-0.2, -0.15) is 0 Å². The molecule has 0 amide bonds. The van der Waals surface area contributed by atoms with E-state index in [-0.39, 0.29) is 17.7 Å². The Morgan fingerprint density at radius 3 is 3.00 bits per heavy atom. The summed E-state index contributed by atoms with van der Waals surface area (Å²) in [7, 11) is 1.71. The Kier molecular flexibility index (Phi) is 4.65. The quantitative estimate of drug-likeness (QED) is 0.548. The van der Waals surface area contributed by atoms with Crippen LogP contribution in [0.15, 0.2) is 9.95 Å². The molecule has 0 aliphatic heterocycles. The van der Waals surface area contributed by atoms with Crippen molar-refractivity contribution in [2.75, 3.05) is 19.4 Å². The number of likely N-dealkylation sites (N-methyl/N-ethyl adjacent to an activating group) is 1. The van der Waals surface area contributed by atoms with Gasteiger partial charge in [0.2, 0.25) is 0 Å². The average molecular weight is 286 g/mol. The van der Waals surface area contributed by atoms with Gasteiger partial charge in [-0.1, -0.05) is 11.8 Å². The summed E-state index contributed by atoms with van der Waals surface area (Å²) in [6, 6.07) is -0.131. The summed E-state index contributed by atoms with van der Waals surface area (Å²) in [6.07, 6.45) is 2.03. The van der Waals surface area contributed by atoms with Crippen LogP contribution in [-0.4, -0.2) is 46.2 Å². The Morgan fingerprint density at radius 1 is 1.68 bits per heavy atom. The predicted octanol–water partition coefficient (Wildman–Crippen LogP) is 0.150. The number of carbonyl (C=O) groups excluding carboxylic acids is 1. The van der Waals surface area contributed by atoms with Crippen LogP contribution in [0, 0.1) is 0 Å². The van der Waals surface area contributed by atoms with E-state index in [9.17, 15) is 9.59 Å². The van der Waals surface area contributed by atoms with Crippen LogP contribution >= 0.6 is 11.8 Å². The van der Waals surface area contributed by atoms with Gasteiger partial charge in [0.1, 0.15) is 6.04 Å². The summed E-state index contributed by atoms with van der Waals surface area (Å²) >= 11 is 1.38. The standard InChI is InChI=1S/C11H18N4O3S/c1-3-18-9(16)8(12-2)6-19-11-14-13-10(17)15(11)7-4-5-7/h7-8,12H,3-6H2,1-2H3,(H,13,17). The molecule has 0 spiro atoms. The lowest BCUT2D eigenvalue weighted by Crippen LogP contribution is -2.37. The molecular weight excluding hydrogens is 268 g/mol. The molecule has 106 valence electrons. The Bertz CT molecular complexity index is 494. The molecule has 0 saturated heterocycles. The number of carbonyl (C=O) groups is 1. The van der Waals surface area contributed by atoms with Gasteiger partial charge >= 0.3 is 11.7 Å². The second-order valence-electron chi connectivity index (χ2n) is 4.32. The summed E-state index contributed by atoms with van der Waals surface area (Å²) in [4.78, 5) is 23.2. The van der Waals surface area contributed by atoms with Crippen LogP contribution in [0.1, 0.15) is 25.8 Å². The normalized spacial score (nSPS) is 16.3. The van der Waals surface area contributed by atoms with Gasteiger partial charge in [0.05, 0.1) is 6.61 Å². The number of ether oxygens (including phenoxy) is 1. The highest BCUT2D eigenvalue weighted by molar-refractivity contribution is 7.99. The lowest BCUT2D eigenvalue weighted by atomic mass is 10.3. The Labute approximate surface area is 115 Å². The molecule has 2 rings (SSSR count). The molecule has 0 radical (unpaired) electrons. The van der Waals surface area contributed by atoms with E-state index in [2.05, 4.69) is 15.5 Å². The zero-order valence-electron chi connectivity index (χ0n) is 11.0. The van der Waals surface area contributed by atoms with Crippen molar-refractivity contribution < 1.29 is 9.53 Å². The van der Waals surface area contributed by atoms with Crippen LogP contribution < -0.4 is 11.0 Å². The first kappa shape index (κ1) is 14.1. The van der Waals surface area contributed by atoms with Gasteiger partial charge < -0.3 is 10.1 Å². The van der Waals surface area contributed by atoms with Gasteiger partial charge in [-0.25, -0.2) is 9.89 Å². The first-order valence-corrected chi connectivity index (χ1v) is 7.29. The number of H-pyrrole nitrogens is 1. The summed E-state index contributed by atoms with van der Waals surface area (Å²) < 4.78 is 6.64. The van der Waals surface area contributed by atoms with Crippen LogP contribution in [-0.2, 0) is 9.53 Å². The molecule has 1 aromatic rings. The number of esters is 1. The van der Waals surface area contributed by atoms with Crippen molar-refractivity contribution in [3.05, 3.63) is 10.5 Å². The fourth-order valence-corrected chi connectivity index (χ4v) is 2.82. The zero-order valence-corrected chi connectivity index (χ0v) is 11.8. The fraction of sp³-hybridized carbons (Fsp3) is 0.727. The summed E-state index contributed by atoms with van der Waals surface area (Å²) in [5.74, 6) is 0.195. The van der Waals surface area contributed by atoms with Crippen LogP contribution in [0.25, 0.3) is 0 Å². The number of nitrogens with zero attached hydrogens (tertiary/aromatic N) is 2. The van der Waals surface area contributed by atoms with Crippen molar-refractivity contribution in [3.63, 3.8) is 0 Å². The van der Waals surface area contributed by atoms with E-state index in [0.29, 0.717) is 17.5 Å². The molecule has 1 fully saturated rings. The van der Waals surface area contributed by atoms with Crippen molar-refractivity contribution >= 4 is 17.7 Å². The fourth-order valence-electron chi connectivity index (χ4n) is 1.72. The van der Waals surface area contributed by atoms with Gasteiger partial charge in [0.25, 0.3) is 0 Å². The molecule has 1 aromatic heterocycles. The molecule has 1 aliphatic rings. The number of thioether (sulfide) groups is 1. The van der Waals surface area contributed by atoms with Crippen LogP contribution in [0.2, 0.25) is 0 Å². The smallest absolute Gasteiger partial charge is 0.344 e. The van der Waals surface area contributed by atoms with Crippen LogP contribution in [0.5, 0.6) is 0 Å². The van der Waals surface area contributed by atoms with Gasteiger partial charge in [0.15, 0.2) is 5.16 Å². The first-order chi connectivity index (χ1) is 9.17. The minimum absolute atomic E-state index is 0.179. The highest BCUT2D eigenvalue weighted by atomic mass is 32.2. The van der Waals surface area contributed by atoms with Crippen molar-refractivity contribution in [2.45, 2.75) is 37.0 Å². The summed E-state index contributed by atoms with van der Waals surface area (Å²) in [5.41, 5.74) is -0.179. The molecule has 8 heteroatoms. The van der Waals surface area contributed by atoms with Crippen LogP contribution in [0.3, 0.4) is 0 Å². The Hall–Kier alpha value is -1.28. The first-order valence-electron chi connectivity index (χ1n) is 6.31. The maximum absolute atomic E-state index is 11.6. The van der Waals surface area contributed by atoms with E-state index in [1.54, 1.807) is 18.5 Å². The topological polar surface area (TPSA) is 89.0 Å². The third-order valence-electron chi connectivity index (χ3n) is 2.88.